The van der Waals surface area contributed by atoms with Crippen molar-refractivity contribution in [2.45, 2.75) is 70.2 Å². The van der Waals surface area contributed by atoms with Crippen LogP contribution in [0.2, 0.25) is 0 Å². The number of piperidine rings is 2. The Labute approximate surface area is 406 Å². The maximum Gasteiger partial charge on any atom is 0.339 e. The molecule has 0 bridgehead atoms. The van der Waals surface area contributed by atoms with E-state index in [-0.39, 0.29) is 42.6 Å². The maximum absolute atomic E-state index is 14.5. The number of para-hydroxylation sites is 1. The average Bonchev–Trinajstić information content (AvgIpc) is 3.79. The number of aromatic nitrogens is 3. The van der Waals surface area contributed by atoms with Crippen LogP contribution in [0.5, 0.6) is 0 Å². The summed E-state index contributed by atoms with van der Waals surface area (Å²) in [7, 11) is 2.17. The SMILES string of the molecule is Cc1cc(C[C@@H](NC(=O)N2CCC(c3cc4ccccc4[nH]c3=O)CC2)C(=O)N2CCN(C3CCN(C)CC3)CC2)cc2cn(COC(=O)c3ccc(Cc4ccc(C(=O)OCCl)cc4)cc3)nc12. The molecule has 3 amide bonds. The molecule has 15 nitrogen and oxygen atoms in total. The molecular weight excluding hydrogens is 896 g/mol. The maximum atomic E-state index is 14.5. The van der Waals surface area contributed by atoms with Crippen molar-refractivity contribution in [3.05, 3.63) is 146 Å². The van der Waals surface area contributed by atoms with E-state index in [1.54, 1.807) is 33.8 Å². The first-order chi connectivity index (χ1) is 33.5. The molecule has 16 heteroatoms. The number of carbonyl (C=O) groups excluding carboxylic acids is 4. The van der Waals surface area contributed by atoms with E-state index in [2.05, 4.69) is 27.1 Å². The molecule has 0 spiro atoms. The minimum absolute atomic E-state index is 0.0196. The van der Waals surface area contributed by atoms with E-state index >= 15 is 0 Å². The second kappa shape index (κ2) is 21.4. The molecule has 3 fully saturated rings. The predicted octanol–water partition coefficient (Wildman–Crippen LogP) is 6.68. The predicted molar refractivity (Wildman–Crippen MR) is 265 cm³/mol. The Morgan fingerprint density at radius 3 is 2.07 bits per heavy atom. The highest BCUT2D eigenvalue weighted by Crippen LogP contribution is 2.28. The normalized spacial score (nSPS) is 17.0. The van der Waals surface area contributed by atoms with E-state index in [1.165, 1.54) is 0 Å². The number of H-pyrrole nitrogens is 1. The number of pyridine rings is 1. The van der Waals surface area contributed by atoms with Gasteiger partial charge in [-0.2, -0.15) is 5.10 Å². The summed E-state index contributed by atoms with van der Waals surface area (Å²) in [5.74, 6) is -1.05. The van der Waals surface area contributed by atoms with Gasteiger partial charge >= 0.3 is 18.0 Å². The molecule has 0 unspecified atom stereocenters. The molecule has 360 valence electrons. The molecule has 2 aromatic heterocycles. The Bertz CT molecular complexity index is 2860. The van der Waals surface area contributed by atoms with E-state index in [4.69, 9.17) is 26.2 Å². The number of hydrogen-bond acceptors (Lipinski definition) is 10. The van der Waals surface area contributed by atoms with Gasteiger partial charge in [0.2, 0.25) is 5.91 Å². The second-order valence-electron chi connectivity index (χ2n) is 18.7. The Kier molecular flexibility index (Phi) is 14.7. The third kappa shape index (κ3) is 11.3. The smallest absolute Gasteiger partial charge is 0.339 e. The molecular formula is C53H59ClN8O7. The van der Waals surface area contributed by atoms with Gasteiger partial charge in [0.05, 0.1) is 16.6 Å². The van der Waals surface area contributed by atoms with Crippen molar-refractivity contribution < 1.29 is 28.7 Å². The summed E-state index contributed by atoms with van der Waals surface area (Å²) in [6.07, 6.45) is 6.25. The molecule has 0 saturated carbocycles. The first kappa shape index (κ1) is 47.5. The summed E-state index contributed by atoms with van der Waals surface area (Å²) >= 11 is 5.50. The lowest BCUT2D eigenvalue weighted by atomic mass is 9.89. The average molecular weight is 956 g/mol. The molecule has 6 aromatic rings. The van der Waals surface area contributed by atoms with Crippen molar-refractivity contribution in [1.82, 2.24) is 39.7 Å². The van der Waals surface area contributed by atoms with Gasteiger partial charge in [0.25, 0.3) is 5.56 Å². The van der Waals surface area contributed by atoms with Crippen LogP contribution in [0.1, 0.15) is 80.1 Å². The van der Waals surface area contributed by atoms with Gasteiger partial charge < -0.3 is 34.5 Å². The van der Waals surface area contributed by atoms with Crippen LogP contribution in [-0.4, -0.2) is 136 Å². The van der Waals surface area contributed by atoms with Crippen LogP contribution in [-0.2, 0) is 33.8 Å². The van der Waals surface area contributed by atoms with Crippen molar-refractivity contribution in [2.24, 2.45) is 0 Å². The Morgan fingerprint density at radius 1 is 0.754 bits per heavy atom. The first-order valence-corrected chi connectivity index (χ1v) is 24.4. The van der Waals surface area contributed by atoms with Crippen LogP contribution in [0, 0.1) is 6.92 Å². The van der Waals surface area contributed by atoms with Crippen LogP contribution in [0.3, 0.4) is 0 Å². The number of piperazine rings is 1. The molecule has 3 saturated heterocycles. The van der Waals surface area contributed by atoms with E-state index in [0.29, 0.717) is 62.6 Å². The molecule has 3 aliphatic heterocycles. The summed E-state index contributed by atoms with van der Waals surface area (Å²) in [6, 6.07) is 27.2. The zero-order valence-corrected chi connectivity index (χ0v) is 40.0. The number of likely N-dealkylation sites (tertiary alicyclic amines) is 2. The quantitative estimate of drug-likeness (QED) is 0.0944. The van der Waals surface area contributed by atoms with Gasteiger partial charge in [0.15, 0.2) is 12.8 Å². The van der Waals surface area contributed by atoms with E-state index in [9.17, 15) is 24.0 Å². The number of nitrogens with zero attached hydrogens (tertiary/aromatic N) is 6. The minimum Gasteiger partial charge on any atom is -0.446 e. The standard InChI is InChI=1S/C53H59ClN8O7/c1-35-27-38(29-43-32-62(57-48(35)43)34-69-52(66)41-13-9-37(10-14-41)28-36-7-11-40(12-8-36)51(65)68-33-54)30-47(50(64)60-25-23-59(24-26-60)44-17-19-58(2)20-18-44)56-53(67)61-21-15-39(16-22-61)45-31-42-5-3-4-6-46(42)55-49(45)63/h3-14,27,29,31-32,39,44,47H,15-26,28,30,33-34H2,1-2H3,(H,55,63)(H,56,67)/t47-/m1/s1. The van der Waals surface area contributed by atoms with Gasteiger partial charge in [-0.05, 0) is 135 Å². The lowest BCUT2D eigenvalue weighted by Gasteiger charge is -2.43. The largest absolute Gasteiger partial charge is 0.446 e. The van der Waals surface area contributed by atoms with Gasteiger partial charge in [-0.3, -0.25) is 14.5 Å². The van der Waals surface area contributed by atoms with Crippen LogP contribution in [0.4, 0.5) is 4.79 Å². The number of halogens is 1. The van der Waals surface area contributed by atoms with Crippen LogP contribution in [0.15, 0.2) is 102 Å². The molecule has 69 heavy (non-hydrogen) atoms. The number of benzene rings is 4. The zero-order chi connectivity index (χ0) is 48.0. The molecule has 0 aliphatic carbocycles. The summed E-state index contributed by atoms with van der Waals surface area (Å²) in [5.41, 5.74) is 6.76. The van der Waals surface area contributed by atoms with Gasteiger partial charge in [0, 0.05) is 74.4 Å². The molecule has 9 rings (SSSR count). The number of rotatable bonds is 13. The van der Waals surface area contributed by atoms with Gasteiger partial charge in [-0.15, -0.1) is 0 Å². The van der Waals surface area contributed by atoms with Crippen molar-refractivity contribution >= 4 is 57.3 Å². The fraction of sp³-hybridized carbons (Fsp3) is 0.396. The fourth-order valence-corrected chi connectivity index (χ4v) is 10.2. The summed E-state index contributed by atoms with van der Waals surface area (Å²) in [5, 5.41) is 9.69. The Hall–Kier alpha value is -6.55. The van der Waals surface area contributed by atoms with E-state index in [0.717, 1.165) is 88.6 Å². The topological polar surface area (TPSA) is 162 Å². The number of ether oxygens (including phenoxy) is 2. The summed E-state index contributed by atoms with van der Waals surface area (Å²) in [4.78, 5) is 78.4. The Morgan fingerprint density at radius 2 is 1.41 bits per heavy atom. The molecule has 3 aliphatic rings. The summed E-state index contributed by atoms with van der Waals surface area (Å²) < 4.78 is 12.1. The molecule has 0 radical (unpaired) electrons. The number of aromatic amines is 1. The molecule has 4 aromatic carbocycles. The van der Waals surface area contributed by atoms with Crippen molar-refractivity contribution in [2.75, 3.05) is 65.5 Å². The molecule has 2 N–H and O–H groups in total. The van der Waals surface area contributed by atoms with Gasteiger partial charge in [-0.1, -0.05) is 60.1 Å². The number of aryl methyl sites for hydroxylation is 1. The van der Waals surface area contributed by atoms with Crippen molar-refractivity contribution in [3.63, 3.8) is 0 Å². The second-order valence-corrected chi connectivity index (χ2v) is 18.9. The highest BCUT2D eigenvalue weighted by atomic mass is 35.5. The number of urea groups is 1. The Balaban J connectivity index is 0.846. The number of carbonyl (C=O) groups is 4. The van der Waals surface area contributed by atoms with Crippen LogP contribution in [0.25, 0.3) is 21.8 Å². The molecule has 1 atom stereocenters. The highest BCUT2D eigenvalue weighted by molar-refractivity contribution is 6.17. The van der Waals surface area contributed by atoms with E-state index < -0.39 is 18.0 Å². The number of amides is 3. The third-order valence-electron chi connectivity index (χ3n) is 14.1. The first-order valence-electron chi connectivity index (χ1n) is 23.9. The van der Waals surface area contributed by atoms with Gasteiger partial charge in [0.1, 0.15) is 6.04 Å². The lowest BCUT2D eigenvalue weighted by molar-refractivity contribution is -0.135. The van der Waals surface area contributed by atoms with Crippen LogP contribution >= 0.6 is 11.6 Å². The monoisotopic (exact) mass is 954 g/mol. The fourth-order valence-electron chi connectivity index (χ4n) is 10.1. The number of hydrogen-bond donors (Lipinski definition) is 2. The van der Waals surface area contributed by atoms with Crippen molar-refractivity contribution in [1.29, 1.82) is 0 Å². The molecule has 5 heterocycles. The van der Waals surface area contributed by atoms with E-state index in [1.807, 2.05) is 84.8 Å². The van der Waals surface area contributed by atoms with Crippen LogP contribution < -0.4 is 10.9 Å². The number of esters is 2. The third-order valence-corrected chi connectivity index (χ3v) is 14.2. The number of alkyl halides is 1. The zero-order valence-electron chi connectivity index (χ0n) is 39.2. The summed E-state index contributed by atoms with van der Waals surface area (Å²) in [6.45, 7) is 7.74. The van der Waals surface area contributed by atoms with Crippen molar-refractivity contribution in [3.8, 4) is 0 Å². The lowest BCUT2D eigenvalue weighted by Crippen LogP contribution is -2.59. The number of fused-ring (bicyclic) bond motifs is 2. The highest BCUT2D eigenvalue weighted by Gasteiger charge is 2.34. The number of nitrogens with one attached hydrogen (secondary N) is 2. The minimum atomic E-state index is -0.805. The van der Waals surface area contributed by atoms with Gasteiger partial charge in [-0.25, -0.2) is 19.1 Å².